The smallest absolute Gasteiger partial charge is 0.349 e. The summed E-state index contributed by atoms with van der Waals surface area (Å²) in [6, 6.07) is 7.66. The van der Waals surface area contributed by atoms with E-state index in [1.165, 1.54) is 12.1 Å². The standard InChI is InChI=1S/C12H12O7/c13-8(6-9(14)15)12(18)19-10(11(16)17)7-4-2-1-3-5-7/h1-5,8,10,13H,6H2,(H,14,15)(H,16,17). The van der Waals surface area contributed by atoms with E-state index in [4.69, 9.17) is 10.2 Å². The molecule has 0 saturated carbocycles. The van der Waals surface area contributed by atoms with Gasteiger partial charge in [0.05, 0.1) is 6.42 Å². The SMILES string of the molecule is O=C(O)CC(O)C(=O)OC(C(=O)O)c1ccccc1. The number of ether oxygens (including phenoxy) is 1. The maximum Gasteiger partial charge on any atom is 0.349 e. The molecule has 2 unspecified atom stereocenters. The minimum Gasteiger partial charge on any atom is -0.481 e. The largest absolute Gasteiger partial charge is 0.481 e. The van der Waals surface area contributed by atoms with Crippen molar-refractivity contribution in [3.05, 3.63) is 35.9 Å². The van der Waals surface area contributed by atoms with Crippen molar-refractivity contribution in [2.45, 2.75) is 18.6 Å². The van der Waals surface area contributed by atoms with Gasteiger partial charge in [-0.05, 0) is 0 Å². The Morgan fingerprint density at radius 2 is 1.68 bits per heavy atom. The Morgan fingerprint density at radius 3 is 2.16 bits per heavy atom. The molecule has 7 nitrogen and oxygen atoms in total. The molecule has 0 aliphatic carbocycles. The number of aliphatic hydroxyl groups excluding tert-OH is 1. The summed E-state index contributed by atoms with van der Waals surface area (Å²) in [5.74, 6) is -4.10. The third kappa shape index (κ3) is 4.40. The number of carboxylic acids is 2. The first-order chi connectivity index (χ1) is 8.91. The quantitative estimate of drug-likeness (QED) is 0.629. The van der Waals surface area contributed by atoms with Crippen LogP contribution in [0.1, 0.15) is 18.1 Å². The Balaban J connectivity index is 2.78. The normalized spacial score (nSPS) is 13.3. The van der Waals surface area contributed by atoms with Gasteiger partial charge in [-0.3, -0.25) is 4.79 Å². The van der Waals surface area contributed by atoms with Crippen LogP contribution in [0.2, 0.25) is 0 Å². The second-order valence-corrected chi connectivity index (χ2v) is 3.68. The van der Waals surface area contributed by atoms with Gasteiger partial charge < -0.3 is 20.1 Å². The van der Waals surface area contributed by atoms with Gasteiger partial charge in [-0.25, -0.2) is 9.59 Å². The van der Waals surface area contributed by atoms with Gasteiger partial charge in [-0.1, -0.05) is 30.3 Å². The first-order valence-corrected chi connectivity index (χ1v) is 5.30. The summed E-state index contributed by atoms with van der Waals surface area (Å²) in [7, 11) is 0. The van der Waals surface area contributed by atoms with Crippen LogP contribution in [-0.2, 0) is 19.1 Å². The summed E-state index contributed by atoms with van der Waals surface area (Å²) in [6.45, 7) is 0. The molecule has 3 N–H and O–H groups in total. The number of hydrogen-bond acceptors (Lipinski definition) is 5. The van der Waals surface area contributed by atoms with Gasteiger partial charge in [0.2, 0.25) is 6.10 Å². The number of rotatable bonds is 6. The second-order valence-electron chi connectivity index (χ2n) is 3.68. The van der Waals surface area contributed by atoms with Crippen LogP contribution in [0.15, 0.2) is 30.3 Å². The highest BCUT2D eigenvalue weighted by molar-refractivity contribution is 5.84. The molecule has 2 atom stereocenters. The predicted octanol–water partition coefficient (Wildman–Crippen LogP) is 0.191. The molecule has 0 heterocycles. The van der Waals surface area contributed by atoms with E-state index in [9.17, 15) is 19.5 Å². The van der Waals surface area contributed by atoms with Crippen LogP contribution in [0, 0.1) is 0 Å². The molecule has 1 aromatic rings. The van der Waals surface area contributed by atoms with Crippen molar-refractivity contribution >= 4 is 17.9 Å². The number of aliphatic carboxylic acids is 2. The van der Waals surface area contributed by atoms with Crippen LogP contribution in [0.5, 0.6) is 0 Å². The molecule has 0 fully saturated rings. The minimum atomic E-state index is -1.90. The molecule has 102 valence electrons. The van der Waals surface area contributed by atoms with Gasteiger partial charge in [0.1, 0.15) is 0 Å². The van der Waals surface area contributed by atoms with E-state index in [1.54, 1.807) is 18.2 Å². The predicted molar refractivity (Wildman–Crippen MR) is 61.2 cm³/mol. The van der Waals surface area contributed by atoms with Crippen LogP contribution in [0.3, 0.4) is 0 Å². The van der Waals surface area contributed by atoms with Crippen LogP contribution in [0.25, 0.3) is 0 Å². The van der Waals surface area contributed by atoms with E-state index in [0.29, 0.717) is 0 Å². The van der Waals surface area contributed by atoms with E-state index in [0.717, 1.165) is 0 Å². The molecule has 0 bridgehead atoms. The summed E-state index contributed by atoms with van der Waals surface area (Å²) < 4.78 is 4.61. The molecule has 7 heteroatoms. The number of carbonyl (C=O) groups is 3. The second kappa shape index (κ2) is 6.50. The highest BCUT2D eigenvalue weighted by atomic mass is 16.6. The lowest BCUT2D eigenvalue weighted by molar-refractivity contribution is -0.172. The number of carboxylic acid groups (broad SMARTS) is 2. The number of benzene rings is 1. The lowest BCUT2D eigenvalue weighted by Crippen LogP contribution is -2.29. The van der Waals surface area contributed by atoms with Gasteiger partial charge in [-0.2, -0.15) is 0 Å². The third-order valence-corrected chi connectivity index (χ3v) is 2.20. The van der Waals surface area contributed by atoms with E-state index < -0.39 is 36.5 Å². The molecular weight excluding hydrogens is 256 g/mol. The summed E-state index contributed by atoms with van der Waals surface area (Å²) in [6.07, 6.45) is -4.33. The lowest BCUT2D eigenvalue weighted by atomic mass is 10.1. The van der Waals surface area contributed by atoms with E-state index in [2.05, 4.69) is 4.74 Å². The Hall–Kier alpha value is -2.41. The van der Waals surface area contributed by atoms with Gasteiger partial charge >= 0.3 is 17.9 Å². The fourth-order valence-corrected chi connectivity index (χ4v) is 1.33. The first-order valence-electron chi connectivity index (χ1n) is 5.30. The fraction of sp³-hybridized carbons (Fsp3) is 0.250. The van der Waals surface area contributed by atoms with Crippen molar-refractivity contribution in [3.63, 3.8) is 0 Å². The third-order valence-electron chi connectivity index (χ3n) is 2.20. The van der Waals surface area contributed by atoms with Gasteiger partial charge in [0.15, 0.2) is 6.10 Å². The van der Waals surface area contributed by atoms with E-state index in [-0.39, 0.29) is 5.56 Å². The van der Waals surface area contributed by atoms with Gasteiger partial charge in [0.25, 0.3) is 0 Å². The van der Waals surface area contributed by atoms with Crippen molar-refractivity contribution in [2.24, 2.45) is 0 Å². The zero-order chi connectivity index (χ0) is 14.4. The molecule has 0 amide bonds. The number of aliphatic hydroxyl groups is 1. The minimum absolute atomic E-state index is 0.214. The molecule has 19 heavy (non-hydrogen) atoms. The highest BCUT2D eigenvalue weighted by Gasteiger charge is 2.28. The molecule has 0 spiro atoms. The maximum absolute atomic E-state index is 11.4. The van der Waals surface area contributed by atoms with Gasteiger partial charge in [0, 0.05) is 5.56 Å². The summed E-state index contributed by atoms with van der Waals surface area (Å²) in [5, 5.41) is 26.6. The van der Waals surface area contributed by atoms with Crippen LogP contribution >= 0.6 is 0 Å². The maximum atomic E-state index is 11.4. The molecule has 0 aromatic heterocycles. The topological polar surface area (TPSA) is 121 Å². The molecule has 1 aromatic carbocycles. The zero-order valence-electron chi connectivity index (χ0n) is 9.72. The van der Waals surface area contributed by atoms with Crippen molar-refractivity contribution in [3.8, 4) is 0 Å². The zero-order valence-corrected chi connectivity index (χ0v) is 9.72. The van der Waals surface area contributed by atoms with Crippen LogP contribution in [0.4, 0.5) is 0 Å². The van der Waals surface area contributed by atoms with Crippen molar-refractivity contribution in [1.82, 2.24) is 0 Å². The van der Waals surface area contributed by atoms with E-state index in [1.807, 2.05) is 0 Å². The van der Waals surface area contributed by atoms with Gasteiger partial charge in [-0.15, -0.1) is 0 Å². The van der Waals surface area contributed by atoms with Crippen LogP contribution in [-0.4, -0.2) is 39.3 Å². The molecule has 1 rings (SSSR count). The first kappa shape index (κ1) is 14.7. The van der Waals surface area contributed by atoms with Crippen LogP contribution < -0.4 is 0 Å². The fourth-order valence-electron chi connectivity index (χ4n) is 1.33. The van der Waals surface area contributed by atoms with Crippen molar-refractivity contribution in [1.29, 1.82) is 0 Å². The highest BCUT2D eigenvalue weighted by Crippen LogP contribution is 2.18. The van der Waals surface area contributed by atoms with Crippen molar-refractivity contribution in [2.75, 3.05) is 0 Å². The number of esters is 1. The molecule has 0 saturated heterocycles. The molecule has 0 radical (unpaired) electrons. The summed E-state index contributed by atoms with van der Waals surface area (Å²) in [4.78, 5) is 32.7. The molecule has 0 aliphatic heterocycles. The molecular formula is C12H12O7. The lowest BCUT2D eigenvalue weighted by Gasteiger charge is -2.15. The monoisotopic (exact) mass is 268 g/mol. The Morgan fingerprint density at radius 1 is 1.11 bits per heavy atom. The Labute approximate surface area is 108 Å². The van der Waals surface area contributed by atoms with E-state index >= 15 is 0 Å². The Kier molecular flexibility index (Phi) is 5.01. The van der Waals surface area contributed by atoms with Crippen molar-refractivity contribution < 1.29 is 34.4 Å². The number of carbonyl (C=O) groups excluding carboxylic acids is 1. The summed E-state index contributed by atoms with van der Waals surface area (Å²) in [5.41, 5.74) is 0.214. The average Bonchev–Trinajstić information content (AvgIpc) is 2.35. The molecule has 0 aliphatic rings. The Bertz CT molecular complexity index is 468. The number of hydrogen-bond donors (Lipinski definition) is 3. The summed E-state index contributed by atoms with van der Waals surface area (Å²) >= 11 is 0. The average molecular weight is 268 g/mol.